The fourth-order valence-corrected chi connectivity index (χ4v) is 5.98. The summed E-state index contributed by atoms with van der Waals surface area (Å²) in [6.45, 7) is 2.14. The van der Waals surface area contributed by atoms with Crippen LogP contribution in [0.5, 0.6) is 0 Å². The highest BCUT2D eigenvalue weighted by Gasteiger charge is 2.53. The van der Waals surface area contributed by atoms with Gasteiger partial charge in [-0.05, 0) is 6.42 Å². The molecule has 39 heavy (non-hydrogen) atoms. The summed E-state index contributed by atoms with van der Waals surface area (Å²) in [5.41, 5.74) is 0. The molecule has 0 aromatic carbocycles. The number of rotatable bonds is 19. The number of hydrogen-bond donors (Lipinski definition) is 8. The van der Waals surface area contributed by atoms with Crippen molar-refractivity contribution in [1.29, 1.82) is 0 Å². The Bertz CT molecular complexity index is 869. The molecule has 232 valence electrons. The van der Waals surface area contributed by atoms with Crippen LogP contribution in [0.3, 0.4) is 0 Å². The maximum Gasteiger partial charge on any atom is 0.470 e. The third-order valence-corrected chi connectivity index (χ3v) is 7.60. The fourth-order valence-electron chi connectivity index (χ4n) is 4.29. The van der Waals surface area contributed by atoms with Crippen LogP contribution in [0.4, 0.5) is 0 Å². The van der Waals surface area contributed by atoms with Crippen LogP contribution in [-0.4, -0.2) is 82.2 Å². The number of carbonyl (C=O) groups is 1. The van der Waals surface area contributed by atoms with Crippen LogP contribution in [0, 0.1) is 0 Å². The lowest BCUT2D eigenvalue weighted by atomic mass is 9.87. The van der Waals surface area contributed by atoms with E-state index in [1.807, 2.05) is 0 Å². The highest BCUT2D eigenvalue weighted by molar-refractivity contribution is 7.46. The van der Waals surface area contributed by atoms with Crippen molar-refractivity contribution in [3.8, 4) is 0 Å². The number of carbonyl (C=O) groups excluding carboxylic acids is 1. The number of ether oxygens (including phenoxy) is 1. The molecule has 6 atom stereocenters. The van der Waals surface area contributed by atoms with Crippen LogP contribution in [0.2, 0.25) is 0 Å². The van der Waals surface area contributed by atoms with Gasteiger partial charge >= 0.3 is 29.4 Å². The van der Waals surface area contributed by atoms with Gasteiger partial charge in [0.1, 0.15) is 24.4 Å². The SMILES string of the molecule is CCCCCCCCCCCC(O)CC(=O)O[C@H]1[C@@H](O)[C@@H](OP(=O)(O)O)C[C@@H](OP(=O)(O)O)[C@@H]1OP(=O)(O)O. The fraction of sp³-hybridized carbons (Fsp3) is 0.950. The zero-order valence-electron chi connectivity index (χ0n) is 21.6. The first kappa shape index (κ1) is 36.7. The van der Waals surface area contributed by atoms with Crippen molar-refractivity contribution in [3.05, 3.63) is 0 Å². The lowest BCUT2D eigenvalue weighted by Crippen LogP contribution is -2.59. The third-order valence-electron chi connectivity index (χ3n) is 5.99. The average molecular weight is 630 g/mol. The van der Waals surface area contributed by atoms with Crippen molar-refractivity contribution in [3.63, 3.8) is 0 Å². The second-order valence-corrected chi connectivity index (χ2v) is 13.1. The van der Waals surface area contributed by atoms with E-state index in [1.54, 1.807) is 0 Å². The summed E-state index contributed by atoms with van der Waals surface area (Å²) in [4.78, 5) is 67.6. The van der Waals surface area contributed by atoms with E-state index in [1.165, 1.54) is 25.7 Å². The summed E-state index contributed by atoms with van der Waals surface area (Å²) < 4.78 is 52.6. The maximum absolute atomic E-state index is 12.5. The molecule has 0 heterocycles. The molecule has 0 aliphatic heterocycles. The van der Waals surface area contributed by atoms with Crippen LogP contribution >= 0.6 is 23.5 Å². The predicted octanol–water partition coefficient (Wildman–Crippen LogP) is 1.77. The first-order valence-corrected chi connectivity index (χ1v) is 17.3. The van der Waals surface area contributed by atoms with E-state index in [4.69, 9.17) is 14.5 Å². The van der Waals surface area contributed by atoms with Crippen LogP contribution in [0.1, 0.15) is 84.0 Å². The molecule has 0 radical (unpaired) electrons. The third kappa shape index (κ3) is 16.7. The van der Waals surface area contributed by atoms with Crippen molar-refractivity contribution < 1.29 is 76.4 Å². The first-order chi connectivity index (χ1) is 17.9. The van der Waals surface area contributed by atoms with Crippen LogP contribution in [0.25, 0.3) is 0 Å². The molecule has 0 aromatic rings. The minimum Gasteiger partial charge on any atom is -0.456 e. The number of esters is 1. The number of aliphatic hydroxyl groups excluding tert-OH is 2. The van der Waals surface area contributed by atoms with Gasteiger partial charge in [-0.25, -0.2) is 13.7 Å². The minimum atomic E-state index is -5.44. The average Bonchev–Trinajstić information content (AvgIpc) is 2.75. The number of phosphoric acid groups is 3. The summed E-state index contributed by atoms with van der Waals surface area (Å²) in [7, 11) is -16.1. The zero-order valence-corrected chi connectivity index (χ0v) is 24.3. The topological polar surface area (TPSA) is 267 Å². The highest BCUT2D eigenvalue weighted by atomic mass is 31.2. The van der Waals surface area contributed by atoms with Crippen LogP contribution in [-0.2, 0) is 36.8 Å². The summed E-state index contributed by atoms with van der Waals surface area (Å²) >= 11 is 0. The van der Waals surface area contributed by atoms with Crippen molar-refractivity contribution in [2.75, 3.05) is 0 Å². The molecular formula is C20H41O16P3. The summed E-state index contributed by atoms with van der Waals surface area (Å²) in [6.07, 6.45) is -3.70. The van der Waals surface area contributed by atoms with E-state index >= 15 is 0 Å². The lowest BCUT2D eigenvalue weighted by molar-refractivity contribution is -0.196. The Morgan fingerprint density at radius 2 is 1.21 bits per heavy atom. The van der Waals surface area contributed by atoms with Crippen LogP contribution in [0.15, 0.2) is 0 Å². The standard InChI is InChI=1S/C20H41O16P3/c1-2-3-4-5-6-7-8-9-10-11-14(21)12-17(22)33-20-18(23)15(34-37(24,25)26)13-16(35-38(27,28)29)19(20)36-39(30,31)32/h14-16,18-21,23H,2-13H2,1H3,(H2,24,25,26)(H2,27,28,29)(H2,30,31,32)/t14?,15-,16+,18-,19-,20-/m0/s1. The van der Waals surface area contributed by atoms with Crippen molar-refractivity contribution in [1.82, 2.24) is 0 Å². The number of hydrogen-bond acceptors (Lipinski definition) is 10. The van der Waals surface area contributed by atoms with E-state index in [9.17, 15) is 48.3 Å². The van der Waals surface area contributed by atoms with Gasteiger partial charge in [0.15, 0.2) is 6.10 Å². The number of unbranched alkanes of at least 4 members (excludes halogenated alkanes) is 8. The smallest absolute Gasteiger partial charge is 0.456 e. The zero-order chi connectivity index (χ0) is 29.9. The van der Waals surface area contributed by atoms with Crippen molar-refractivity contribution >= 4 is 29.4 Å². The number of aliphatic hydroxyl groups is 2. The van der Waals surface area contributed by atoms with Gasteiger partial charge in [-0.2, -0.15) is 0 Å². The molecule has 0 saturated heterocycles. The quantitative estimate of drug-likeness (QED) is 0.0574. The molecule has 1 aliphatic rings. The largest absolute Gasteiger partial charge is 0.470 e. The van der Waals surface area contributed by atoms with Crippen molar-refractivity contribution in [2.45, 2.75) is 121 Å². The summed E-state index contributed by atoms with van der Waals surface area (Å²) in [6, 6.07) is 0. The van der Waals surface area contributed by atoms with E-state index in [-0.39, 0.29) is 6.42 Å². The van der Waals surface area contributed by atoms with Gasteiger partial charge < -0.3 is 44.3 Å². The Kier molecular flexibility index (Phi) is 16.0. The Morgan fingerprint density at radius 1 is 0.744 bits per heavy atom. The molecule has 1 saturated carbocycles. The molecule has 0 spiro atoms. The van der Waals surface area contributed by atoms with Gasteiger partial charge in [-0.3, -0.25) is 18.4 Å². The summed E-state index contributed by atoms with van der Waals surface area (Å²) in [5, 5.41) is 20.8. The molecule has 1 fully saturated rings. The normalized spacial score (nSPS) is 25.4. The lowest BCUT2D eigenvalue weighted by Gasteiger charge is -2.43. The molecule has 19 heteroatoms. The van der Waals surface area contributed by atoms with E-state index in [0.717, 1.165) is 25.7 Å². The Hall–Kier alpha value is -0.280. The monoisotopic (exact) mass is 630 g/mol. The maximum atomic E-state index is 12.5. The molecule has 1 aliphatic carbocycles. The molecular weight excluding hydrogens is 589 g/mol. The first-order valence-electron chi connectivity index (χ1n) is 12.7. The number of phosphoric ester groups is 3. The Morgan fingerprint density at radius 3 is 1.69 bits per heavy atom. The molecule has 16 nitrogen and oxygen atoms in total. The highest BCUT2D eigenvalue weighted by Crippen LogP contribution is 2.49. The van der Waals surface area contributed by atoms with Gasteiger partial charge in [0.2, 0.25) is 0 Å². The van der Waals surface area contributed by atoms with Gasteiger partial charge in [-0.1, -0.05) is 64.7 Å². The molecule has 8 N–H and O–H groups in total. The Balaban J connectivity index is 2.83. The van der Waals surface area contributed by atoms with Gasteiger partial charge in [-0.15, -0.1) is 0 Å². The molecule has 0 amide bonds. The molecule has 0 aromatic heterocycles. The Labute approximate surface area is 226 Å². The van der Waals surface area contributed by atoms with E-state index in [0.29, 0.717) is 6.42 Å². The molecule has 0 bridgehead atoms. The second-order valence-electron chi connectivity index (χ2n) is 9.49. The molecule has 1 unspecified atom stereocenters. The predicted molar refractivity (Wildman–Crippen MR) is 134 cm³/mol. The van der Waals surface area contributed by atoms with Gasteiger partial charge in [0.25, 0.3) is 0 Å². The minimum absolute atomic E-state index is 0.231. The van der Waals surface area contributed by atoms with E-state index in [2.05, 4.69) is 20.5 Å². The molecule has 1 rings (SSSR count). The van der Waals surface area contributed by atoms with E-state index < -0.39 is 78.9 Å². The van der Waals surface area contributed by atoms with Crippen molar-refractivity contribution in [2.24, 2.45) is 0 Å². The van der Waals surface area contributed by atoms with Gasteiger partial charge in [0, 0.05) is 6.42 Å². The second kappa shape index (κ2) is 17.0. The van der Waals surface area contributed by atoms with Gasteiger partial charge in [0.05, 0.1) is 12.5 Å². The van der Waals surface area contributed by atoms with Crippen LogP contribution < -0.4 is 0 Å². The summed E-state index contributed by atoms with van der Waals surface area (Å²) in [5.74, 6) is -1.19.